The van der Waals surface area contributed by atoms with Gasteiger partial charge in [-0.25, -0.2) is 4.98 Å². The normalized spacial score (nSPS) is 11.5. The van der Waals surface area contributed by atoms with Gasteiger partial charge in [0.15, 0.2) is 0 Å². The molecular weight excluding hydrogens is 484 g/mol. The number of hydrogen-bond donors (Lipinski definition) is 1. The number of ether oxygens (including phenoxy) is 3. The quantitative estimate of drug-likeness (QED) is 0.200. The molecule has 0 aliphatic rings. The van der Waals surface area contributed by atoms with Crippen molar-refractivity contribution in [2.45, 2.75) is 32.8 Å². The van der Waals surface area contributed by atoms with Crippen LogP contribution in [0.3, 0.4) is 0 Å². The summed E-state index contributed by atoms with van der Waals surface area (Å²) in [6, 6.07) is 16.0. The molecule has 0 saturated carbocycles. The number of amides is 1. The second kappa shape index (κ2) is 12.4. The monoisotopic (exact) mass is 514 g/mol. The molecule has 0 aliphatic carbocycles. The molecular formula is C30H30N2O4S. The molecule has 0 fully saturated rings. The number of nitrogens with two attached hydrogens (primary N) is 1. The maximum Gasteiger partial charge on any atom is 0.219 e. The summed E-state index contributed by atoms with van der Waals surface area (Å²) in [5.74, 6) is 6.70. The van der Waals surface area contributed by atoms with Crippen LogP contribution in [-0.4, -0.2) is 31.2 Å². The maximum absolute atomic E-state index is 11.4. The number of carbonyl (C=O) groups is 1. The van der Waals surface area contributed by atoms with Crippen LogP contribution in [0.25, 0.3) is 21.2 Å². The fraction of sp³-hybridized carbons (Fsp3) is 0.267. The first-order chi connectivity index (χ1) is 18.0. The van der Waals surface area contributed by atoms with Crippen LogP contribution in [0.1, 0.15) is 36.0 Å². The molecule has 7 heteroatoms. The molecule has 0 spiro atoms. The van der Waals surface area contributed by atoms with Crippen molar-refractivity contribution in [3.63, 3.8) is 0 Å². The average Bonchev–Trinajstić information content (AvgIpc) is 3.30. The van der Waals surface area contributed by atoms with Gasteiger partial charge < -0.3 is 19.9 Å². The van der Waals surface area contributed by atoms with Crippen LogP contribution in [0, 0.1) is 18.8 Å². The summed E-state index contributed by atoms with van der Waals surface area (Å²) in [4.78, 5) is 15.9. The Balaban J connectivity index is 1.48. The summed E-state index contributed by atoms with van der Waals surface area (Å²) < 4.78 is 18.0. The third kappa shape index (κ3) is 6.67. The van der Waals surface area contributed by atoms with Crippen molar-refractivity contribution in [3.05, 3.63) is 76.8 Å². The molecule has 2 aromatic carbocycles. The molecule has 0 radical (unpaired) electrons. The highest BCUT2D eigenvalue weighted by molar-refractivity contribution is 7.17. The Labute approximate surface area is 221 Å². The van der Waals surface area contributed by atoms with Gasteiger partial charge in [-0.1, -0.05) is 24.1 Å². The molecule has 4 rings (SSSR count). The topological polar surface area (TPSA) is 83.7 Å². The van der Waals surface area contributed by atoms with Gasteiger partial charge in [0.2, 0.25) is 11.8 Å². The number of methoxy groups -OCH3 is 1. The number of thiophene rings is 1. The Hall–Kier alpha value is -3.86. The molecule has 37 heavy (non-hydrogen) atoms. The van der Waals surface area contributed by atoms with Gasteiger partial charge in [0.1, 0.15) is 19.0 Å². The average molecular weight is 515 g/mol. The molecule has 1 atom stereocenters. The molecule has 4 aromatic rings. The van der Waals surface area contributed by atoms with Crippen molar-refractivity contribution >= 4 is 27.3 Å². The maximum atomic E-state index is 11.4. The van der Waals surface area contributed by atoms with Crippen LogP contribution in [-0.2, 0) is 16.1 Å². The number of rotatable bonds is 11. The summed E-state index contributed by atoms with van der Waals surface area (Å²) in [5, 5.41) is 3.34. The number of fused-ring (bicyclic) bond motifs is 1. The Morgan fingerprint density at radius 3 is 2.59 bits per heavy atom. The zero-order valence-electron chi connectivity index (χ0n) is 21.2. The van der Waals surface area contributed by atoms with Crippen molar-refractivity contribution in [2.75, 3.05) is 20.3 Å². The van der Waals surface area contributed by atoms with Gasteiger partial charge in [-0.2, -0.15) is 0 Å². The van der Waals surface area contributed by atoms with Gasteiger partial charge in [-0.3, -0.25) is 4.79 Å². The Kier molecular flexibility index (Phi) is 8.78. The number of aromatic nitrogens is 1. The van der Waals surface area contributed by atoms with Crippen LogP contribution in [0.2, 0.25) is 0 Å². The van der Waals surface area contributed by atoms with Crippen molar-refractivity contribution in [2.24, 2.45) is 5.73 Å². The number of benzene rings is 2. The summed E-state index contributed by atoms with van der Waals surface area (Å²) in [5.41, 5.74) is 10.7. The fourth-order valence-electron chi connectivity index (χ4n) is 4.09. The van der Waals surface area contributed by atoms with Gasteiger partial charge >= 0.3 is 0 Å². The molecule has 0 unspecified atom stereocenters. The lowest BCUT2D eigenvalue weighted by Gasteiger charge is -2.12. The molecule has 190 valence electrons. The lowest BCUT2D eigenvalue weighted by molar-refractivity contribution is -0.118. The minimum Gasteiger partial charge on any atom is -0.489 e. The zero-order valence-corrected chi connectivity index (χ0v) is 22.1. The van der Waals surface area contributed by atoms with E-state index in [0.29, 0.717) is 25.7 Å². The molecule has 0 bridgehead atoms. The molecule has 1 amide bonds. The highest BCUT2D eigenvalue weighted by Crippen LogP contribution is 2.36. The first-order valence-electron chi connectivity index (χ1n) is 12.0. The van der Waals surface area contributed by atoms with Gasteiger partial charge in [0.25, 0.3) is 0 Å². The van der Waals surface area contributed by atoms with Crippen LogP contribution >= 0.6 is 11.3 Å². The highest BCUT2D eigenvalue weighted by Gasteiger charge is 2.13. The zero-order chi connectivity index (χ0) is 26.2. The molecule has 2 N–H and O–H groups in total. The summed E-state index contributed by atoms with van der Waals surface area (Å²) in [6.45, 7) is 5.26. The first kappa shape index (κ1) is 26.2. The van der Waals surface area contributed by atoms with Crippen molar-refractivity contribution in [3.8, 4) is 34.6 Å². The largest absolute Gasteiger partial charge is 0.489 e. The smallest absolute Gasteiger partial charge is 0.219 e. The Bertz CT molecular complexity index is 1430. The first-order valence-corrected chi connectivity index (χ1v) is 12.9. The van der Waals surface area contributed by atoms with Gasteiger partial charge in [-0.15, -0.1) is 17.3 Å². The molecule has 0 aliphatic heterocycles. The number of carbonyl (C=O) groups excluding carboxylic acids is 1. The van der Waals surface area contributed by atoms with E-state index in [0.717, 1.165) is 33.6 Å². The minimum absolute atomic E-state index is 0.197. The van der Waals surface area contributed by atoms with Crippen LogP contribution in [0.4, 0.5) is 0 Å². The molecule has 0 saturated heterocycles. The van der Waals surface area contributed by atoms with Crippen molar-refractivity contribution < 1.29 is 19.0 Å². The number of aryl methyl sites for hydroxylation is 1. The predicted octanol–water partition coefficient (Wildman–Crippen LogP) is 5.86. The summed E-state index contributed by atoms with van der Waals surface area (Å²) >= 11 is 1.71. The van der Waals surface area contributed by atoms with E-state index in [1.807, 2.05) is 36.5 Å². The van der Waals surface area contributed by atoms with Gasteiger partial charge in [0.05, 0.1) is 12.5 Å². The Morgan fingerprint density at radius 1 is 1.08 bits per heavy atom. The lowest BCUT2D eigenvalue weighted by Crippen LogP contribution is -2.14. The minimum atomic E-state index is -0.367. The highest BCUT2D eigenvalue weighted by atomic mass is 32.1. The van der Waals surface area contributed by atoms with E-state index in [-0.39, 0.29) is 18.2 Å². The molecule has 6 nitrogen and oxygen atoms in total. The van der Waals surface area contributed by atoms with E-state index in [9.17, 15) is 4.79 Å². The van der Waals surface area contributed by atoms with E-state index >= 15 is 0 Å². The second-order valence-corrected chi connectivity index (χ2v) is 9.54. The van der Waals surface area contributed by atoms with E-state index in [2.05, 4.69) is 47.3 Å². The lowest BCUT2D eigenvalue weighted by atomic mass is 9.96. The van der Waals surface area contributed by atoms with Crippen molar-refractivity contribution in [1.29, 1.82) is 0 Å². The number of pyridine rings is 1. The number of primary amides is 1. The van der Waals surface area contributed by atoms with Crippen LogP contribution < -0.4 is 15.2 Å². The van der Waals surface area contributed by atoms with Crippen LogP contribution in [0.15, 0.2) is 60.1 Å². The van der Waals surface area contributed by atoms with Gasteiger partial charge in [-0.05, 0) is 60.2 Å². The van der Waals surface area contributed by atoms with E-state index in [1.165, 1.54) is 10.1 Å². The molecule has 2 heterocycles. The second-order valence-electron chi connectivity index (χ2n) is 8.63. The van der Waals surface area contributed by atoms with Crippen LogP contribution in [0.5, 0.6) is 11.6 Å². The SMILES string of the molecule is CC#C[C@@H](CC(N)=O)c1ccc(OCc2ccc3scc(-c4cnc(OCCOC)cc4C)c3c2)cc1. The number of hydrogen-bond acceptors (Lipinski definition) is 6. The van der Waals surface area contributed by atoms with E-state index in [4.69, 9.17) is 19.9 Å². The predicted molar refractivity (Wildman–Crippen MR) is 148 cm³/mol. The summed E-state index contributed by atoms with van der Waals surface area (Å²) in [6.07, 6.45) is 2.07. The Morgan fingerprint density at radius 2 is 1.89 bits per heavy atom. The van der Waals surface area contributed by atoms with Gasteiger partial charge in [0, 0.05) is 47.0 Å². The molecule has 2 aromatic heterocycles. The summed E-state index contributed by atoms with van der Waals surface area (Å²) in [7, 11) is 1.65. The third-order valence-corrected chi connectivity index (χ3v) is 6.93. The van der Waals surface area contributed by atoms with Crippen molar-refractivity contribution in [1.82, 2.24) is 4.98 Å². The number of nitrogens with zero attached hydrogens (tertiary/aromatic N) is 1. The standard InChI is InChI=1S/C30H30N2O4S/c1-4-5-23(16-29(31)33)22-7-9-24(10-8-22)36-18-21-6-11-28-25(15-21)27(19-37-28)26-17-32-30(14-20(26)2)35-13-12-34-3/h6-11,14-15,17,19,23H,12-13,16,18H2,1-3H3,(H2,31,33)/t23-/m0/s1. The third-order valence-electron chi connectivity index (χ3n) is 5.96. The van der Waals surface area contributed by atoms with E-state index < -0.39 is 0 Å². The fourth-order valence-corrected chi connectivity index (χ4v) is 5.03. The van der Waals surface area contributed by atoms with E-state index in [1.54, 1.807) is 25.4 Å².